The number of ether oxygens (including phenoxy) is 1. The number of halogens is 1. The van der Waals surface area contributed by atoms with Crippen LogP contribution in [0, 0.1) is 0 Å². The molecule has 0 amide bonds. The van der Waals surface area contributed by atoms with E-state index >= 15 is 0 Å². The highest BCUT2D eigenvalue weighted by Gasteiger charge is 2.01. The highest BCUT2D eigenvalue weighted by Crippen LogP contribution is 2.05. The van der Waals surface area contributed by atoms with Crippen LogP contribution < -0.4 is 0 Å². The van der Waals surface area contributed by atoms with Gasteiger partial charge in [0, 0.05) is 6.61 Å². The molecule has 82 valence electrons. The third-order valence-electron chi connectivity index (χ3n) is 1.89. The first-order valence-electron chi connectivity index (χ1n) is 4.70. The molecule has 0 aliphatic heterocycles. The molecule has 1 N–H and O–H groups in total. The van der Waals surface area contributed by atoms with Gasteiger partial charge in [-0.25, -0.2) is 4.79 Å². The summed E-state index contributed by atoms with van der Waals surface area (Å²) in [7, 11) is 0. The monoisotopic (exact) mass is 212 g/mol. The molecule has 0 aliphatic carbocycles. The third-order valence-corrected chi connectivity index (χ3v) is 1.89. The second-order valence-corrected chi connectivity index (χ2v) is 3.10. The van der Waals surface area contributed by atoms with E-state index in [2.05, 4.69) is 0 Å². The van der Waals surface area contributed by atoms with Crippen molar-refractivity contribution in [3.05, 3.63) is 35.4 Å². The summed E-state index contributed by atoms with van der Waals surface area (Å²) in [5.74, 6) is -0.945. The number of aromatic carboxylic acids is 1. The fraction of sp³-hybridized carbons (Fsp3) is 0.364. The van der Waals surface area contributed by atoms with Gasteiger partial charge in [-0.05, 0) is 24.1 Å². The van der Waals surface area contributed by atoms with E-state index < -0.39 is 5.97 Å². The first-order valence-corrected chi connectivity index (χ1v) is 4.70. The van der Waals surface area contributed by atoms with E-state index in [0.717, 1.165) is 5.56 Å². The van der Waals surface area contributed by atoms with Gasteiger partial charge in [0.15, 0.2) is 0 Å². The largest absolute Gasteiger partial charge is 0.478 e. The van der Waals surface area contributed by atoms with Crippen molar-refractivity contribution in [3.63, 3.8) is 0 Å². The minimum Gasteiger partial charge on any atom is -0.478 e. The van der Waals surface area contributed by atoms with Gasteiger partial charge < -0.3 is 9.84 Å². The van der Waals surface area contributed by atoms with Crippen molar-refractivity contribution in [1.29, 1.82) is 0 Å². The van der Waals surface area contributed by atoms with Crippen molar-refractivity contribution < 1.29 is 19.0 Å². The number of hydrogen-bond acceptors (Lipinski definition) is 2. The van der Waals surface area contributed by atoms with E-state index in [0.29, 0.717) is 19.6 Å². The standard InChI is InChI=1S/C11H13FO3/c12-6-1-7-15-8-9-2-4-10(5-3-9)11(13)14/h2-5H,1,6-8H2,(H,13,14). The van der Waals surface area contributed by atoms with Gasteiger partial charge in [-0.15, -0.1) is 0 Å². The topological polar surface area (TPSA) is 46.5 Å². The van der Waals surface area contributed by atoms with Crippen molar-refractivity contribution in [2.75, 3.05) is 13.3 Å². The van der Waals surface area contributed by atoms with Gasteiger partial charge in [-0.2, -0.15) is 0 Å². The van der Waals surface area contributed by atoms with Gasteiger partial charge in [-0.3, -0.25) is 4.39 Å². The lowest BCUT2D eigenvalue weighted by Gasteiger charge is -2.03. The molecule has 0 radical (unpaired) electrons. The summed E-state index contributed by atoms with van der Waals surface area (Å²) in [4.78, 5) is 10.5. The van der Waals surface area contributed by atoms with Gasteiger partial charge >= 0.3 is 5.97 Å². The van der Waals surface area contributed by atoms with Crippen molar-refractivity contribution >= 4 is 5.97 Å². The Kier molecular flexibility index (Phi) is 4.77. The second kappa shape index (κ2) is 6.14. The maximum atomic E-state index is 11.7. The van der Waals surface area contributed by atoms with Crippen molar-refractivity contribution in [3.8, 4) is 0 Å². The van der Waals surface area contributed by atoms with Crippen LogP contribution >= 0.6 is 0 Å². The average Bonchev–Trinajstić information content (AvgIpc) is 2.25. The zero-order valence-corrected chi connectivity index (χ0v) is 8.28. The molecule has 0 saturated carbocycles. The van der Waals surface area contributed by atoms with E-state index in [1.165, 1.54) is 12.1 Å². The lowest BCUT2D eigenvalue weighted by atomic mass is 10.1. The summed E-state index contributed by atoms with van der Waals surface area (Å²) in [5, 5.41) is 8.65. The predicted molar refractivity (Wildman–Crippen MR) is 53.6 cm³/mol. The molecule has 0 aliphatic rings. The second-order valence-electron chi connectivity index (χ2n) is 3.10. The van der Waals surface area contributed by atoms with Gasteiger partial charge in [0.1, 0.15) is 0 Å². The van der Waals surface area contributed by atoms with Gasteiger partial charge in [-0.1, -0.05) is 12.1 Å². The maximum Gasteiger partial charge on any atom is 0.335 e. The van der Waals surface area contributed by atoms with Crippen LogP contribution in [0.1, 0.15) is 22.3 Å². The average molecular weight is 212 g/mol. The Morgan fingerprint density at radius 1 is 1.33 bits per heavy atom. The van der Waals surface area contributed by atoms with E-state index in [9.17, 15) is 9.18 Å². The Bertz CT molecular complexity index is 308. The zero-order valence-electron chi connectivity index (χ0n) is 8.28. The van der Waals surface area contributed by atoms with Crippen LogP contribution in [0.25, 0.3) is 0 Å². The first kappa shape index (κ1) is 11.7. The Balaban J connectivity index is 2.39. The van der Waals surface area contributed by atoms with Gasteiger partial charge in [0.2, 0.25) is 0 Å². The number of rotatable bonds is 6. The molecule has 4 heteroatoms. The number of carboxylic acids is 1. The predicted octanol–water partition coefficient (Wildman–Crippen LogP) is 2.26. The fourth-order valence-corrected chi connectivity index (χ4v) is 1.09. The molecule has 15 heavy (non-hydrogen) atoms. The highest BCUT2D eigenvalue weighted by atomic mass is 19.1. The molecule has 0 spiro atoms. The van der Waals surface area contributed by atoms with E-state index in [1.807, 2.05) is 0 Å². The molecule has 0 bridgehead atoms. The highest BCUT2D eigenvalue weighted by molar-refractivity contribution is 5.87. The molecular formula is C11H13FO3. The van der Waals surface area contributed by atoms with Crippen LogP contribution in [0.4, 0.5) is 4.39 Å². The number of alkyl halides is 1. The Morgan fingerprint density at radius 2 is 2.00 bits per heavy atom. The molecular weight excluding hydrogens is 199 g/mol. The van der Waals surface area contributed by atoms with Crippen molar-refractivity contribution in [2.24, 2.45) is 0 Å². The minimum atomic E-state index is -0.945. The molecule has 0 unspecified atom stereocenters. The maximum absolute atomic E-state index is 11.7. The molecule has 1 aromatic rings. The van der Waals surface area contributed by atoms with E-state index in [-0.39, 0.29) is 12.2 Å². The summed E-state index contributed by atoms with van der Waals surface area (Å²) >= 11 is 0. The van der Waals surface area contributed by atoms with Crippen LogP contribution in [-0.2, 0) is 11.3 Å². The van der Waals surface area contributed by atoms with Crippen LogP contribution in [0.5, 0.6) is 0 Å². The molecule has 0 fully saturated rings. The smallest absolute Gasteiger partial charge is 0.335 e. The van der Waals surface area contributed by atoms with Crippen LogP contribution in [0.15, 0.2) is 24.3 Å². The number of hydrogen-bond donors (Lipinski definition) is 1. The summed E-state index contributed by atoms with van der Waals surface area (Å²) in [6.07, 6.45) is 0.396. The number of carboxylic acid groups (broad SMARTS) is 1. The summed E-state index contributed by atoms with van der Waals surface area (Å²) in [6.45, 7) is 0.398. The first-order chi connectivity index (χ1) is 7.24. The third kappa shape index (κ3) is 4.08. The number of carbonyl (C=O) groups is 1. The molecule has 0 aromatic heterocycles. The van der Waals surface area contributed by atoms with Crippen LogP contribution in [0.3, 0.4) is 0 Å². The molecule has 0 heterocycles. The molecule has 0 saturated heterocycles. The Morgan fingerprint density at radius 3 is 2.53 bits per heavy atom. The Hall–Kier alpha value is -1.42. The molecule has 3 nitrogen and oxygen atoms in total. The normalized spacial score (nSPS) is 10.2. The van der Waals surface area contributed by atoms with Gasteiger partial charge in [0.05, 0.1) is 18.8 Å². The quantitative estimate of drug-likeness (QED) is 0.736. The van der Waals surface area contributed by atoms with Crippen molar-refractivity contribution in [2.45, 2.75) is 13.0 Å². The van der Waals surface area contributed by atoms with Crippen LogP contribution in [0.2, 0.25) is 0 Å². The Labute approximate surface area is 87.5 Å². The van der Waals surface area contributed by atoms with E-state index in [4.69, 9.17) is 9.84 Å². The molecule has 1 aromatic carbocycles. The lowest BCUT2D eigenvalue weighted by molar-refractivity contribution is 0.0696. The molecule has 1 rings (SSSR count). The summed E-state index contributed by atoms with van der Waals surface area (Å²) < 4.78 is 16.9. The molecule has 0 atom stereocenters. The number of benzene rings is 1. The minimum absolute atomic E-state index is 0.252. The van der Waals surface area contributed by atoms with Gasteiger partial charge in [0.25, 0.3) is 0 Å². The van der Waals surface area contributed by atoms with Crippen LogP contribution in [-0.4, -0.2) is 24.4 Å². The fourth-order valence-electron chi connectivity index (χ4n) is 1.09. The SMILES string of the molecule is O=C(O)c1ccc(COCCCF)cc1. The van der Waals surface area contributed by atoms with Crippen molar-refractivity contribution in [1.82, 2.24) is 0 Å². The van der Waals surface area contributed by atoms with E-state index in [1.54, 1.807) is 12.1 Å². The zero-order chi connectivity index (χ0) is 11.1. The summed E-state index contributed by atoms with van der Waals surface area (Å²) in [5.41, 5.74) is 1.14. The summed E-state index contributed by atoms with van der Waals surface area (Å²) in [6, 6.07) is 6.43. The lowest BCUT2D eigenvalue weighted by Crippen LogP contribution is -1.98.